The van der Waals surface area contributed by atoms with Gasteiger partial charge < -0.3 is 4.57 Å². The first-order chi connectivity index (χ1) is 5.54. The summed E-state index contributed by atoms with van der Waals surface area (Å²) in [5, 5.41) is 0.645. The number of aromatic nitrogens is 1. The minimum Gasteiger partial charge on any atom is -0.319 e. The van der Waals surface area contributed by atoms with Crippen molar-refractivity contribution >= 4 is 18.7 Å². The van der Waals surface area contributed by atoms with Crippen molar-refractivity contribution in [3.05, 3.63) is 24.0 Å². The number of aldehydes is 1. The van der Waals surface area contributed by atoms with Gasteiger partial charge in [0.1, 0.15) is 7.14 Å². The second-order valence-corrected chi connectivity index (χ2v) is 6.16. The SMILES string of the molecule is CP(C)(=O)c1cncc(C=O)c1. The van der Waals surface area contributed by atoms with Crippen LogP contribution in [0.3, 0.4) is 0 Å². The lowest BCUT2D eigenvalue weighted by molar-refractivity contribution is 0.112. The molecular formula is C8H10NO2P. The number of nitrogens with zero attached hydrogens (tertiary/aromatic N) is 1. The zero-order chi connectivity index (χ0) is 9.19. The molecule has 0 aliphatic rings. The quantitative estimate of drug-likeness (QED) is 0.510. The van der Waals surface area contributed by atoms with Gasteiger partial charge in [0, 0.05) is 23.3 Å². The smallest absolute Gasteiger partial charge is 0.151 e. The Hall–Kier alpha value is -0.950. The van der Waals surface area contributed by atoms with E-state index in [1.807, 2.05) is 0 Å². The number of carbonyl (C=O) groups is 1. The topological polar surface area (TPSA) is 47.0 Å². The number of hydrogen-bond donors (Lipinski definition) is 0. The summed E-state index contributed by atoms with van der Waals surface area (Å²) in [5.74, 6) is 0. The molecule has 0 fully saturated rings. The molecule has 4 heteroatoms. The molecule has 0 N–H and O–H groups in total. The molecule has 0 bridgehead atoms. The highest BCUT2D eigenvalue weighted by molar-refractivity contribution is 7.70. The largest absolute Gasteiger partial charge is 0.319 e. The number of hydrogen-bond acceptors (Lipinski definition) is 3. The molecule has 0 spiro atoms. The maximum absolute atomic E-state index is 11.5. The van der Waals surface area contributed by atoms with Gasteiger partial charge in [-0.05, 0) is 19.4 Å². The van der Waals surface area contributed by atoms with Crippen molar-refractivity contribution in [2.75, 3.05) is 13.3 Å². The van der Waals surface area contributed by atoms with Gasteiger partial charge in [0.05, 0.1) is 0 Å². The predicted octanol–water partition coefficient (Wildman–Crippen LogP) is 1.14. The van der Waals surface area contributed by atoms with Crippen LogP contribution in [0.1, 0.15) is 10.4 Å². The highest BCUT2D eigenvalue weighted by Gasteiger charge is 2.11. The van der Waals surface area contributed by atoms with Gasteiger partial charge in [0.15, 0.2) is 6.29 Å². The van der Waals surface area contributed by atoms with Gasteiger partial charge in [-0.3, -0.25) is 9.78 Å². The van der Waals surface area contributed by atoms with Gasteiger partial charge >= 0.3 is 0 Å². The van der Waals surface area contributed by atoms with Crippen LogP contribution < -0.4 is 5.30 Å². The van der Waals surface area contributed by atoms with Crippen molar-refractivity contribution < 1.29 is 9.36 Å². The van der Waals surface area contributed by atoms with Gasteiger partial charge in [-0.15, -0.1) is 0 Å². The number of pyridine rings is 1. The van der Waals surface area contributed by atoms with Crippen molar-refractivity contribution in [1.82, 2.24) is 4.98 Å². The van der Waals surface area contributed by atoms with Gasteiger partial charge in [0.25, 0.3) is 0 Å². The average Bonchev–Trinajstić information content (AvgIpc) is 2.03. The van der Waals surface area contributed by atoms with E-state index < -0.39 is 7.14 Å². The first-order valence-corrected chi connectivity index (χ1v) is 6.10. The summed E-state index contributed by atoms with van der Waals surface area (Å²) < 4.78 is 11.5. The molecule has 0 aliphatic heterocycles. The monoisotopic (exact) mass is 183 g/mol. The standard InChI is InChI=1S/C8H10NO2P/c1-12(2,11)8-3-7(6-10)4-9-5-8/h3-6H,1-2H3. The van der Waals surface area contributed by atoms with E-state index in [4.69, 9.17) is 0 Å². The van der Waals surface area contributed by atoms with Crippen molar-refractivity contribution in [3.63, 3.8) is 0 Å². The summed E-state index contributed by atoms with van der Waals surface area (Å²) >= 11 is 0. The molecule has 0 amide bonds. The molecule has 64 valence electrons. The Kier molecular flexibility index (Phi) is 2.43. The summed E-state index contributed by atoms with van der Waals surface area (Å²) in [6.07, 6.45) is 3.69. The van der Waals surface area contributed by atoms with Crippen molar-refractivity contribution in [3.8, 4) is 0 Å². The minimum atomic E-state index is -2.28. The Bertz CT molecular complexity index is 343. The lowest BCUT2D eigenvalue weighted by Gasteiger charge is -2.05. The van der Waals surface area contributed by atoms with Crippen LogP contribution in [0.5, 0.6) is 0 Å². The molecular weight excluding hydrogens is 173 g/mol. The van der Waals surface area contributed by atoms with E-state index in [1.165, 1.54) is 12.4 Å². The Labute approximate surface area is 71.2 Å². The lowest BCUT2D eigenvalue weighted by atomic mass is 10.3. The predicted molar refractivity (Wildman–Crippen MR) is 48.7 cm³/mol. The molecule has 1 aromatic heterocycles. The normalized spacial score (nSPS) is 11.2. The third-order valence-corrected chi connectivity index (χ3v) is 2.99. The second kappa shape index (κ2) is 3.20. The molecule has 1 rings (SSSR count). The third kappa shape index (κ3) is 2.02. The Morgan fingerprint density at radius 1 is 1.42 bits per heavy atom. The van der Waals surface area contributed by atoms with Crippen LogP contribution in [0.25, 0.3) is 0 Å². The van der Waals surface area contributed by atoms with Crippen molar-refractivity contribution in [2.24, 2.45) is 0 Å². The Balaban J connectivity index is 3.19. The molecule has 1 aromatic rings. The molecule has 0 aromatic carbocycles. The fraction of sp³-hybridized carbons (Fsp3) is 0.250. The Morgan fingerprint density at radius 3 is 2.58 bits per heavy atom. The molecule has 0 unspecified atom stereocenters. The maximum atomic E-state index is 11.5. The molecule has 1 heterocycles. The molecule has 3 nitrogen and oxygen atoms in total. The van der Waals surface area contributed by atoms with Gasteiger partial charge in [-0.2, -0.15) is 0 Å². The van der Waals surface area contributed by atoms with Crippen LogP contribution in [0.15, 0.2) is 18.5 Å². The van der Waals surface area contributed by atoms with E-state index in [-0.39, 0.29) is 0 Å². The summed E-state index contributed by atoms with van der Waals surface area (Å²) in [6.45, 7) is 3.30. The lowest BCUT2D eigenvalue weighted by Crippen LogP contribution is -2.04. The van der Waals surface area contributed by atoms with Crippen molar-refractivity contribution in [2.45, 2.75) is 0 Å². The van der Waals surface area contributed by atoms with Gasteiger partial charge in [-0.1, -0.05) is 0 Å². The summed E-state index contributed by atoms with van der Waals surface area (Å²) in [6, 6.07) is 1.61. The van der Waals surface area contributed by atoms with Crippen molar-refractivity contribution in [1.29, 1.82) is 0 Å². The first kappa shape index (κ1) is 9.14. The summed E-state index contributed by atoms with van der Waals surface area (Å²) in [4.78, 5) is 14.2. The molecule has 0 radical (unpaired) electrons. The molecule has 12 heavy (non-hydrogen) atoms. The maximum Gasteiger partial charge on any atom is 0.151 e. The molecule has 0 saturated heterocycles. The fourth-order valence-corrected chi connectivity index (χ4v) is 1.61. The molecule has 0 atom stereocenters. The van der Waals surface area contributed by atoms with Crippen LogP contribution in [-0.2, 0) is 4.57 Å². The highest BCUT2D eigenvalue weighted by Crippen LogP contribution is 2.33. The minimum absolute atomic E-state index is 0.469. The zero-order valence-electron chi connectivity index (χ0n) is 7.02. The number of carbonyl (C=O) groups excluding carboxylic acids is 1. The van der Waals surface area contributed by atoms with Gasteiger partial charge in [0.2, 0.25) is 0 Å². The van der Waals surface area contributed by atoms with Crippen LogP contribution in [0, 0.1) is 0 Å². The molecule has 0 aliphatic carbocycles. The summed E-state index contributed by atoms with van der Waals surface area (Å²) in [7, 11) is -2.28. The third-order valence-electron chi connectivity index (χ3n) is 1.50. The van der Waals surface area contributed by atoms with Crippen LogP contribution in [0.2, 0.25) is 0 Å². The van der Waals surface area contributed by atoms with E-state index in [2.05, 4.69) is 4.98 Å². The number of rotatable bonds is 2. The van der Waals surface area contributed by atoms with Crippen LogP contribution in [0.4, 0.5) is 0 Å². The van der Waals surface area contributed by atoms with E-state index in [0.717, 1.165) is 0 Å². The molecule has 0 saturated carbocycles. The van der Waals surface area contributed by atoms with Gasteiger partial charge in [-0.25, -0.2) is 0 Å². The van der Waals surface area contributed by atoms with E-state index in [0.29, 0.717) is 17.2 Å². The fourth-order valence-electron chi connectivity index (χ4n) is 0.804. The second-order valence-electron chi connectivity index (χ2n) is 2.95. The first-order valence-electron chi connectivity index (χ1n) is 3.50. The van der Waals surface area contributed by atoms with E-state index in [9.17, 15) is 9.36 Å². The van der Waals surface area contributed by atoms with E-state index in [1.54, 1.807) is 19.4 Å². The average molecular weight is 183 g/mol. The summed E-state index contributed by atoms with van der Waals surface area (Å²) in [5.41, 5.74) is 0.469. The van der Waals surface area contributed by atoms with Crippen LogP contribution in [-0.4, -0.2) is 24.6 Å². The zero-order valence-corrected chi connectivity index (χ0v) is 7.91. The highest BCUT2D eigenvalue weighted by atomic mass is 31.2. The van der Waals surface area contributed by atoms with E-state index >= 15 is 0 Å². The van der Waals surface area contributed by atoms with Crippen LogP contribution >= 0.6 is 7.14 Å². The Morgan fingerprint density at radius 2 is 2.08 bits per heavy atom.